The Hall–Kier alpha value is -2.89. The van der Waals surface area contributed by atoms with E-state index in [1.165, 1.54) is 24.3 Å². The molecule has 0 aliphatic carbocycles. The summed E-state index contributed by atoms with van der Waals surface area (Å²) >= 11 is 0. The molecule has 1 heterocycles. The van der Waals surface area contributed by atoms with Crippen molar-refractivity contribution in [3.8, 4) is 5.75 Å². The monoisotopic (exact) mass is 314 g/mol. The van der Waals surface area contributed by atoms with Crippen molar-refractivity contribution >= 4 is 23.2 Å². The van der Waals surface area contributed by atoms with Gasteiger partial charge in [0.2, 0.25) is 5.91 Å². The number of carbonyl (C=O) groups excluding carboxylic acids is 2. The fourth-order valence-corrected chi connectivity index (χ4v) is 2.49. The SMILES string of the molecule is COc1ccc(N2C(=O)C[C@@H](Nc3ccc(F)cc3)C2=O)cc1. The van der Waals surface area contributed by atoms with Crippen LogP contribution < -0.4 is 15.0 Å². The van der Waals surface area contributed by atoms with Crippen LogP contribution in [0.25, 0.3) is 0 Å². The van der Waals surface area contributed by atoms with Gasteiger partial charge in [-0.05, 0) is 48.5 Å². The second-order valence-corrected chi connectivity index (χ2v) is 5.17. The molecule has 0 saturated carbocycles. The normalized spacial score (nSPS) is 17.5. The van der Waals surface area contributed by atoms with Crippen LogP contribution >= 0.6 is 0 Å². The first-order valence-electron chi connectivity index (χ1n) is 7.11. The number of methoxy groups -OCH3 is 1. The molecule has 1 N–H and O–H groups in total. The standard InChI is InChI=1S/C17H15FN2O3/c1-23-14-8-6-13(7-9-14)20-16(21)10-15(17(20)22)19-12-4-2-11(18)3-5-12/h2-9,15,19H,10H2,1H3/t15-/m1/s1. The van der Waals surface area contributed by atoms with Gasteiger partial charge in [-0.25, -0.2) is 9.29 Å². The van der Waals surface area contributed by atoms with Gasteiger partial charge in [0.15, 0.2) is 0 Å². The molecule has 1 fully saturated rings. The second kappa shape index (κ2) is 6.08. The van der Waals surface area contributed by atoms with Crippen molar-refractivity contribution in [1.82, 2.24) is 0 Å². The smallest absolute Gasteiger partial charge is 0.256 e. The van der Waals surface area contributed by atoms with Crippen LogP contribution in [-0.4, -0.2) is 25.0 Å². The zero-order chi connectivity index (χ0) is 16.4. The van der Waals surface area contributed by atoms with Gasteiger partial charge in [0.25, 0.3) is 5.91 Å². The van der Waals surface area contributed by atoms with Gasteiger partial charge in [0.1, 0.15) is 17.6 Å². The number of nitrogens with one attached hydrogen (secondary N) is 1. The molecule has 0 unspecified atom stereocenters. The first-order chi connectivity index (χ1) is 11.1. The highest BCUT2D eigenvalue weighted by atomic mass is 19.1. The van der Waals surface area contributed by atoms with Gasteiger partial charge in [-0.2, -0.15) is 0 Å². The quantitative estimate of drug-likeness (QED) is 0.881. The molecule has 118 valence electrons. The molecule has 3 rings (SSSR count). The number of amides is 2. The number of nitrogens with zero attached hydrogens (tertiary/aromatic N) is 1. The number of benzene rings is 2. The van der Waals surface area contributed by atoms with E-state index in [0.717, 1.165) is 4.90 Å². The highest BCUT2D eigenvalue weighted by Crippen LogP contribution is 2.26. The first-order valence-corrected chi connectivity index (χ1v) is 7.11. The van der Waals surface area contributed by atoms with Gasteiger partial charge in [-0.15, -0.1) is 0 Å². The maximum atomic E-state index is 12.9. The second-order valence-electron chi connectivity index (χ2n) is 5.17. The summed E-state index contributed by atoms with van der Waals surface area (Å²) in [6, 6.07) is 11.7. The van der Waals surface area contributed by atoms with Gasteiger partial charge in [0.05, 0.1) is 19.2 Å². The van der Waals surface area contributed by atoms with Gasteiger partial charge >= 0.3 is 0 Å². The molecule has 5 nitrogen and oxygen atoms in total. The average Bonchev–Trinajstić information content (AvgIpc) is 2.84. The average molecular weight is 314 g/mol. The van der Waals surface area contributed by atoms with Gasteiger partial charge in [-0.1, -0.05) is 0 Å². The van der Waals surface area contributed by atoms with Crippen LogP contribution in [0.2, 0.25) is 0 Å². The minimum Gasteiger partial charge on any atom is -0.497 e. The summed E-state index contributed by atoms with van der Waals surface area (Å²) in [5.41, 5.74) is 1.10. The summed E-state index contributed by atoms with van der Waals surface area (Å²) in [4.78, 5) is 25.8. The summed E-state index contributed by atoms with van der Waals surface area (Å²) in [5.74, 6) is -0.317. The Morgan fingerprint density at radius 3 is 2.35 bits per heavy atom. The lowest BCUT2D eigenvalue weighted by Gasteiger charge is -2.16. The summed E-state index contributed by atoms with van der Waals surface area (Å²) in [5, 5.41) is 2.97. The summed E-state index contributed by atoms with van der Waals surface area (Å²) in [7, 11) is 1.55. The molecule has 2 amide bonds. The lowest BCUT2D eigenvalue weighted by molar-refractivity contribution is -0.121. The molecule has 6 heteroatoms. The maximum absolute atomic E-state index is 12.9. The molecule has 0 bridgehead atoms. The predicted molar refractivity (Wildman–Crippen MR) is 83.9 cm³/mol. The highest BCUT2D eigenvalue weighted by molar-refractivity contribution is 6.23. The maximum Gasteiger partial charge on any atom is 0.256 e. The van der Waals surface area contributed by atoms with E-state index in [4.69, 9.17) is 4.74 Å². The van der Waals surface area contributed by atoms with Crippen molar-refractivity contribution in [2.24, 2.45) is 0 Å². The molecule has 2 aromatic carbocycles. The van der Waals surface area contributed by atoms with Crippen molar-refractivity contribution in [1.29, 1.82) is 0 Å². The van der Waals surface area contributed by atoms with Crippen molar-refractivity contribution in [3.05, 3.63) is 54.3 Å². The fraction of sp³-hybridized carbons (Fsp3) is 0.176. The number of hydrogen-bond donors (Lipinski definition) is 1. The van der Waals surface area contributed by atoms with E-state index in [9.17, 15) is 14.0 Å². The lowest BCUT2D eigenvalue weighted by Crippen LogP contribution is -2.34. The molecular weight excluding hydrogens is 299 g/mol. The van der Waals surface area contributed by atoms with E-state index in [0.29, 0.717) is 17.1 Å². The van der Waals surface area contributed by atoms with E-state index in [1.54, 1.807) is 31.4 Å². The number of rotatable bonds is 4. The molecule has 1 aliphatic rings. The van der Waals surface area contributed by atoms with Gasteiger partial charge in [0, 0.05) is 5.69 Å². The fourth-order valence-electron chi connectivity index (χ4n) is 2.49. The van der Waals surface area contributed by atoms with Crippen LogP contribution in [0.1, 0.15) is 6.42 Å². The topological polar surface area (TPSA) is 58.6 Å². The minimum absolute atomic E-state index is 0.0578. The molecule has 0 radical (unpaired) electrons. The van der Waals surface area contributed by atoms with E-state index in [-0.39, 0.29) is 24.1 Å². The third-order valence-corrected chi connectivity index (χ3v) is 3.66. The van der Waals surface area contributed by atoms with E-state index in [2.05, 4.69) is 5.32 Å². The van der Waals surface area contributed by atoms with E-state index in [1.807, 2.05) is 0 Å². The highest BCUT2D eigenvalue weighted by Gasteiger charge is 2.39. The Morgan fingerprint density at radius 2 is 1.74 bits per heavy atom. The van der Waals surface area contributed by atoms with Crippen molar-refractivity contribution in [2.45, 2.75) is 12.5 Å². The van der Waals surface area contributed by atoms with Gasteiger partial charge in [-0.3, -0.25) is 9.59 Å². The molecule has 23 heavy (non-hydrogen) atoms. The predicted octanol–water partition coefficient (Wildman–Crippen LogP) is 2.58. The molecular formula is C17H15FN2O3. The van der Waals surface area contributed by atoms with Crippen molar-refractivity contribution in [2.75, 3.05) is 17.3 Å². The number of hydrogen-bond acceptors (Lipinski definition) is 4. The number of anilines is 2. The van der Waals surface area contributed by atoms with E-state index >= 15 is 0 Å². The number of ether oxygens (including phenoxy) is 1. The minimum atomic E-state index is -0.657. The van der Waals surface area contributed by atoms with Crippen LogP contribution in [0, 0.1) is 5.82 Å². The number of carbonyl (C=O) groups is 2. The Bertz CT molecular complexity index is 729. The Morgan fingerprint density at radius 1 is 1.09 bits per heavy atom. The van der Waals surface area contributed by atoms with Gasteiger partial charge < -0.3 is 10.1 Å². The van der Waals surface area contributed by atoms with E-state index < -0.39 is 6.04 Å². The molecule has 0 spiro atoms. The first kappa shape index (κ1) is 15.0. The summed E-state index contributed by atoms with van der Waals surface area (Å²) in [6.07, 6.45) is 0.0578. The lowest BCUT2D eigenvalue weighted by atomic mass is 10.2. The van der Waals surface area contributed by atoms with Crippen molar-refractivity contribution in [3.63, 3.8) is 0 Å². The summed E-state index contributed by atoms with van der Waals surface area (Å²) in [6.45, 7) is 0. The number of halogens is 1. The van der Waals surface area contributed by atoms with Crippen molar-refractivity contribution < 1.29 is 18.7 Å². The third-order valence-electron chi connectivity index (χ3n) is 3.66. The molecule has 0 aromatic heterocycles. The summed E-state index contributed by atoms with van der Waals surface area (Å²) < 4.78 is 18.0. The number of imide groups is 1. The van der Waals surface area contributed by atoms with Crippen LogP contribution in [0.5, 0.6) is 5.75 Å². The Balaban J connectivity index is 1.77. The molecule has 1 aliphatic heterocycles. The molecule has 1 atom stereocenters. The Labute approximate surface area is 132 Å². The van der Waals surface area contributed by atoms with Crippen LogP contribution in [0.3, 0.4) is 0 Å². The molecule has 2 aromatic rings. The van der Waals surface area contributed by atoms with Crippen LogP contribution in [-0.2, 0) is 9.59 Å². The third kappa shape index (κ3) is 3.01. The zero-order valence-corrected chi connectivity index (χ0v) is 12.5. The Kier molecular flexibility index (Phi) is 3.97. The van der Waals surface area contributed by atoms with Crippen LogP contribution in [0.4, 0.5) is 15.8 Å². The largest absolute Gasteiger partial charge is 0.497 e. The molecule has 1 saturated heterocycles. The zero-order valence-electron chi connectivity index (χ0n) is 12.5. The van der Waals surface area contributed by atoms with Crippen LogP contribution in [0.15, 0.2) is 48.5 Å².